The van der Waals surface area contributed by atoms with Crippen LogP contribution in [0.15, 0.2) is 59.5 Å². The van der Waals surface area contributed by atoms with E-state index in [1.165, 1.54) is 6.20 Å². The van der Waals surface area contributed by atoms with Gasteiger partial charge in [-0.3, -0.25) is 9.59 Å². The van der Waals surface area contributed by atoms with Gasteiger partial charge < -0.3 is 10.6 Å². The largest absolute Gasteiger partial charge is 0.371 e. The summed E-state index contributed by atoms with van der Waals surface area (Å²) in [5.74, 6) is -2.09. The van der Waals surface area contributed by atoms with Gasteiger partial charge in [0.05, 0.1) is 11.9 Å². The summed E-state index contributed by atoms with van der Waals surface area (Å²) in [7, 11) is 0. The van der Waals surface area contributed by atoms with E-state index < -0.39 is 23.2 Å². The average molecular weight is 405 g/mol. The number of benzene rings is 2. The van der Waals surface area contributed by atoms with Crippen LogP contribution in [0.1, 0.15) is 6.92 Å². The maximum atomic E-state index is 13.9. The summed E-state index contributed by atoms with van der Waals surface area (Å²) in [5.41, 5.74) is -0.323. The first-order chi connectivity index (χ1) is 13.4. The third-order valence-electron chi connectivity index (χ3n) is 3.86. The number of hydrogen-bond donors (Lipinski definition) is 2. The van der Waals surface area contributed by atoms with E-state index in [0.29, 0.717) is 11.8 Å². The number of para-hydroxylation sites is 1. The monoisotopic (exact) mass is 404 g/mol. The maximum Gasteiger partial charge on any atom is 0.292 e. The maximum absolute atomic E-state index is 13.9. The van der Waals surface area contributed by atoms with Crippen molar-refractivity contribution in [2.45, 2.75) is 13.0 Å². The van der Waals surface area contributed by atoms with Gasteiger partial charge in [0.15, 0.2) is 5.82 Å². The van der Waals surface area contributed by atoms with Crippen LogP contribution in [-0.4, -0.2) is 21.7 Å². The lowest BCUT2D eigenvalue weighted by Gasteiger charge is -2.16. The lowest BCUT2D eigenvalue weighted by molar-refractivity contribution is -0.116. The van der Waals surface area contributed by atoms with E-state index in [2.05, 4.69) is 15.7 Å². The Balaban J connectivity index is 1.81. The fraction of sp³-hybridized carbons (Fsp3) is 0.105. The SMILES string of the molecule is CC(Nc1cnn(-c2ccc(F)cc2F)c(=O)c1Cl)C(=O)Nc1ccccc1. The number of nitrogens with one attached hydrogen (secondary N) is 2. The second-order valence-electron chi connectivity index (χ2n) is 5.91. The van der Waals surface area contributed by atoms with Crippen LogP contribution >= 0.6 is 11.6 Å². The Hall–Kier alpha value is -3.26. The van der Waals surface area contributed by atoms with Crippen LogP contribution in [0.5, 0.6) is 0 Å². The van der Waals surface area contributed by atoms with Crippen molar-refractivity contribution in [1.29, 1.82) is 0 Å². The molecule has 1 aromatic heterocycles. The van der Waals surface area contributed by atoms with Crippen molar-refractivity contribution >= 4 is 28.9 Å². The van der Waals surface area contributed by atoms with E-state index >= 15 is 0 Å². The molecule has 28 heavy (non-hydrogen) atoms. The molecule has 144 valence electrons. The van der Waals surface area contributed by atoms with E-state index in [1.807, 2.05) is 6.07 Å². The molecule has 3 aromatic rings. The number of amides is 1. The van der Waals surface area contributed by atoms with Gasteiger partial charge in [-0.1, -0.05) is 29.8 Å². The molecular formula is C19H15ClF2N4O2. The molecule has 3 rings (SSSR count). The molecule has 0 aliphatic rings. The standard InChI is InChI=1S/C19H15ClF2N4O2/c1-11(18(27)25-13-5-3-2-4-6-13)24-15-10-23-26(19(28)17(15)20)16-8-7-12(21)9-14(16)22/h2-11,24H,1H3,(H,25,27). The van der Waals surface area contributed by atoms with Gasteiger partial charge in [-0.05, 0) is 31.2 Å². The Morgan fingerprint density at radius 1 is 1.18 bits per heavy atom. The molecule has 6 nitrogen and oxygen atoms in total. The van der Waals surface area contributed by atoms with Crippen LogP contribution in [0.4, 0.5) is 20.2 Å². The molecule has 0 aliphatic carbocycles. The number of halogens is 3. The molecule has 0 radical (unpaired) electrons. The Labute approximate surface area is 163 Å². The van der Waals surface area contributed by atoms with Crippen molar-refractivity contribution in [1.82, 2.24) is 9.78 Å². The summed E-state index contributed by atoms with van der Waals surface area (Å²) in [6, 6.07) is 10.8. The van der Waals surface area contributed by atoms with Crippen LogP contribution in [0, 0.1) is 11.6 Å². The predicted octanol–water partition coefficient (Wildman–Crippen LogP) is 3.60. The molecule has 1 atom stereocenters. The van der Waals surface area contributed by atoms with Crippen molar-refractivity contribution in [2.75, 3.05) is 10.6 Å². The molecule has 1 amide bonds. The van der Waals surface area contributed by atoms with E-state index in [9.17, 15) is 18.4 Å². The second-order valence-corrected chi connectivity index (χ2v) is 6.28. The highest BCUT2D eigenvalue weighted by molar-refractivity contribution is 6.33. The molecule has 0 saturated heterocycles. The zero-order chi connectivity index (χ0) is 20.3. The number of aromatic nitrogens is 2. The number of hydrogen-bond acceptors (Lipinski definition) is 4. The van der Waals surface area contributed by atoms with Gasteiger partial charge >= 0.3 is 0 Å². The molecule has 9 heteroatoms. The van der Waals surface area contributed by atoms with Gasteiger partial charge in [-0.25, -0.2) is 8.78 Å². The topological polar surface area (TPSA) is 76.0 Å². The Morgan fingerprint density at radius 2 is 1.89 bits per heavy atom. The van der Waals surface area contributed by atoms with Crippen LogP contribution < -0.4 is 16.2 Å². The minimum Gasteiger partial charge on any atom is -0.371 e. The van der Waals surface area contributed by atoms with Crippen LogP contribution in [0.3, 0.4) is 0 Å². The summed E-state index contributed by atoms with van der Waals surface area (Å²) in [4.78, 5) is 24.7. The predicted molar refractivity (Wildman–Crippen MR) is 103 cm³/mol. The van der Waals surface area contributed by atoms with Crippen LogP contribution in [0.2, 0.25) is 5.02 Å². The van der Waals surface area contributed by atoms with Crippen molar-refractivity contribution < 1.29 is 13.6 Å². The second kappa shape index (κ2) is 8.18. The Bertz CT molecular complexity index is 1070. The Morgan fingerprint density at radius 3 is 2.57 bits per heavy atom. The highest BCUT2D eigenvalue weighted by Gasteiger charge is 2.18. The fourth-order valence-electron chi connectivity index (χ4n) is 2.43. The molecule has 0 saturated carbocycles. The first-order valence-electron chi connectivity index (χ1n) is 8.22. The summed E-state index contributed by atoms with van der Waals surface area (Å²) in [5, 5.41) is 9.09. The number of nitrogens with zero attached hydrogens (tertiary/aromatic N) is 2. The van der Waals surface area contributed by atoms with Crippen molar-refractivity contribution in [3.05, 3.63) is 81.7 Å². The molecule has 0 fully saturated rings. The van der Waals surface area contributed by atoms with Crippen molar-refractivity contribution in [2.24, 2.45) is 0 Å². The van der Waals surface area contributed by atoms with Crippen molar-refractivity contribution in [3.63, 3.8) is 0 Å². The molecule has 0 bridgehead atoms. The third-order valence-corrected chi connectivity index (χ3v) is 4.23. The van der Waals surface area contributed by atoms with Crippen LogP contribution in [-0.2, 0) is 4.79 Å². The van der Waals surface area contributed by atoms with Gasteiger partial charge in [0, 0.05) is 11.8 Å². The zero-order valence-electron chi connectivity index (χ0n) is 14.6. The fourth-order valence-corrected chi connectivity index (χ4v) is 2.61. The summed E-state index contributed by atoms with van der Waals surface area (Å²) in [6.45, 7) is 1.58. The molecule has 2 aromatic carbocycles. The summed E-state index contributed by atoms with van der Waals surface area (Å²) >= 11 is 6.08. The van der Waals surface area contributed by atoms with E-state index in [1.54, 1.807) is 31.2 Å². The highest BCUT2D eigenvalue weighted by atomic mass is 35.5. The summed E-state index contributed by atoms with van der Waals surface area (Å²) in [6.07, 6.45) is 1.19. The van der Waals surface area contributed by atoms with Gasteiger partial charge in [0.1, 0.15) is 22.6 Å². The van der Waals surface area contributed by atoms with Crippen molar-refractivity contribution in [3.8, 4) is 5.69 Å². The molecule has 0 spiro atoms. The first-order valence-corrected chi connectivity index (χ1v) is 8.60. The van der Waals surface area contributed by atoms with Gasteiger partial charge in [0.2, 0.25) is 5.91 Å². The first kappa shape index (κ1) is 19.5. The summed E-state index contributed by atoms with van der Waals surface area (Å²) < 4.78 is 27.7. The lowest BCUT2D eigenvalue weighted by atomic mass is 10.2. The van der Waals surface area contributed by atoms with Gasteiger partial charge in [-0.2, -0.15) is 9.78 Å². The normalized spacial score (nSPS) is 11.7. The lowest BCUT2D eigenvalue weighted by Crippen LogP contribution is -2.33. The third kappa shape index (κ3) is 4.17. The zero-order valence-corrected chi connectivity index (χ0v) is 15.4. The number of carbonyl (C=O) groups excluding carboxylic acids is 1. The van der Waals surface area contributed by atoms with Gasteiger partial charge in [0.25, 0.3) is 5.56 Å². The van der Waals surface area contributed by atoms with Crippen LogP contribution in [0.25, 0.3) is 5.69 Å². The minimum absolute atomic E-state index is 0.112. The molecule has 1 heterocycles. The molecule has 2 N–H and O–H groups in total. The number of anilines is 2. The molecule has 1 unspecified atom stereocenters. The highest BCUT2D eigenvalue weighted by Crippen LogP contribution is 2.19. The number of rotatable bonds is 5. The van der Waals surface area contributed by atoms with E-state index in [4.69, 9.17) is 11.6 Å². The Kier molecular flexibility index (Phi) is 5.70. The minimum atomic E-state index is -0.956. The van der Waals surface area contributed by atoms with Gasteiger partial charge in [-0.15, -0.1) is 0 Å². The average Bonchev–Trinajstić information content (AvgIpc) is 2.67. The van der Waals surface area contributed by atoms with E-state index in [-0.39, 0.29) is 22.3 Å². The van der Waals surface area contributed by atoms with E-state index in [0.717, 1.165) is 16.8 Å². The number of carbonyl (C=O) groups is 1. The smallest absolute Gasteiger partial charge is 0.292 e. The molecular weight excluding hydrogens is 390 g/mol. The quantitative estimate of drug-likeness (QED) is 0.681. The molecule has 0 aliphatic heterocycles.